The zero-order valence-electron chi connectivity index (χ0n) is 12.2. The predicted molar refractivity (Wildman–Crippen MR) is 83.1 cm³/mol. The Morgan fingerprint density at radius 1 is 1.15 bits per heavy atom. The number of fused-ring (bicyclic) bond motifs is 1. The van der Waals surface area contributed by atoms with Crippen molar-refractivity contribution in [1.82, 2.24) is 0 Å². The average molecular weight is 274 g/mol. The summed E-state index contributed by atoms with van der Waals surface area (Å²) in [4.78, 5) is 2.46. The summed E-state index contributed by atoms with van der Waals surface area (Å²) < 4.78 is 0. The number of para-hydroxylation sites is 1. The molecule has 3 nitrogen and oxygen atoms in total. The normalized spacial score (nSPS) is 30.1. The van der Waals surface area contributed by atoms with E-state index in [1.807, 2.05) is 0 Å². The molecule has 3 atom stereocenters. The summed E-state index contributed by atoms with van der Waals surface area (Å²) in [6.45, 7) is 1.76. The smallest absolute Gasteiger partial charge is 0.0743 e. The van der Waals surface area contributed by atoms with E-state index < -0.39 is 0 Å². The van der Waals surface area contributed by atoms with Crippen molar-refractivity contribution in [2.24, 2.45) is 5.73 Å². The molecule has 1 aromatic carbocycles. The molecular weight excluding hydrogens is 248 g/mol. The largest absolute Gasteiger partial charge is 0.391 e. The van der Waals surface area contributed by atoms with Crippen LogP contribution in [-0.2, 0) is 0 Å². The van der Waals surface area contributed by atoms with Gasteiger partial charge in [0.1, 0.15) is 0 Å². The van der Waals surface area contributed by atoms with Crippen LogP contribution in [0.3, 0.4) is 0 Å². The van der Waals surface area contributed by atoms with Crippen molar-refractivity contribution in [1.29, 1.82) is 0 Å². The fourth-order valence-corrected chi connectivity index (χ4v) is 3.92. The lowest BCUT2D eigenvalue weighted by Crippen LogP contribution is -2.42. The maximum absolute atomic E-state index is 10.5. The minimum Gasteiger partial charge on any atom is -0.391 e. The minimum absolute atomic E-state index is 0.179. The highest BCUT2D eigenvalue weighted by Crippen LogP contribution is 2.41. The number of nitrogens with two attached hydrogens (primary N) is 1. The Labute approximate surface area is 121 Å². The van der Waals surface area contributed by atoms with Crippen molar-refractivity contribution in [3.05, 3.63) is 29.8 Å². The molecule has 1 aliphatic heterocycles. The Balaban J connectivity index is 1.86. The van der Waals surface area contributed by atoms with E-state index in [2.05, 4.69) is 29.2 Å². The first-order chi connectivity index (χ1) is 9.81. The SMILES string of the molecule is NCCC1CN(C2CCCCCC2O)c2ccccc21. The minimum atomic E-state index is -0.179. The first-order valence-corrected chi connectivity index (χ1v) is 8.05. The summed E-state index contributed by atoms with van der Waals surface area (Å²) in [5, 5.41) is 10.5. The Kier molecular flexibility index (Phi) is 4.27. The topological polar surface area (TPSA) is 49.5 Å². The lowest BCUT2D eigenvalue weighted by atomic mass is 9.98. The van der Waals surface area contributed by atoms with Gasteiger partial charge in [0.15, 0.2) is 0 Å². The Hall–Kier alpha value is -1.06. The number of hydrogen-bond donors (Lipinski definition) is 2. The molecule has 2 aliphatic rings. The second-order valence-corrected chi connectivity index (χ2v) is 6.26. The van der Waals surface area contributed by atoms with Gasteiger partial charge in [-0.2, -0.15) is 0 Å². The molecule has 1 fully saturated rings. The fourth-order valence-electron chi connectivity index (χ4n) is 3.92. The third-order valence-corrected chi connectivity index (χ3v) is 4.96. The summed E-state index contributed by atoms with van der Waals surface area (Å²) >= 11 is 0. The second kappa shape index (κ2) is 6.15. The maximum Gasteiger partial charge on any atom is 0.0743 e. The zero-order chi connectivity index (χ0) is 13.9. The molecule has 1 saturated carbocycles. The molecule has 0 spiro atoms. The molecule has 3 unspecified atom stereocenters. The van der Waals surface area contributed by atoms with E-state index in [0.717, 1.165) is 32.4 Å². The third kappa shape index (κ3) is 2.57. The summed E-state index contributed by atoms with van der Waals surface area (Å²) in [5.41, 5.74) is 8.53. The van der Waals surface area contributed by atoms with Crippen LogP contribution in [0.1, 0.15) is 50.0 Å². The van der Waals surface area contributed by atoms with Gasteiger partial charge in [0.2, 0.25) is 0 Å². The van der Waals surface area contributed by atoms with Crippen LogP contribution in [0.2, 0.25) is 0 Å². The van der Waals surface area contributed by atoms with E-state index in [0.29, 0.717) is 12.0 Å². The number of rotatable bonds is 3. The van der Waals surface area contributed by atoms with Crippen molar-refractivity contribution in [2.45, 2.75) is 56.6 Å². The van der Waals surface area contributed by atoms with Crippen molar-refractivity contribution >= 4 is 5.69 Å². The number of anilines is 1. The van der Waals surface area contributed by atoms with E-state index in [1.165, 1.54) is 30.5 Å². The van der Waals surface area contributed by atoms with Crippen LogP contribution in [0.15, 0.2) is 24.3 Å². The van der Waals surface area contributed by atoms with E-state index in [-0.39, 0.29) is 6.10 Å². The zero-order valence-corrected chi connectivity index (χ0v) is 12.2. The van der Waals surface area contributed by atoms with Gasteiger partial charge in [0.05, 0.1) is 12.1 Å². The summed E-state index contributed by atoms with van der Waals surface area (Å²) in [6, 6.07) is 8.97. The molecule has 0 radical (unpaired) electrons. The van der Waals surface area contributed by atoms with Gasteiger partial charge in [-0.25, -0.2) is 0 Å². The van der Waals surface area contributed by atoms with Gasteiger partial charge in [-0.3, -0.25) is 0 Å². The highest BCUT2D eigenvalue weighted by molar-refractivity contribution is 5.61. The molecule has 1 heterocycles. The molecule has 0 amide bonds. The van der Waals surface area contributed by atoms with Gasteiger partial charge in [0.25, 0.3) is 0 Å². The predicted octanol–water partition coefficient (Wildman–Crippen LogP) is 2.63. The van der Waals surface area contributed by atoms with Crippen molar-refractivity contribution in [3.8, 4) is 0 Å². The molecular formula is C17H26N2O. The number of hydrogen-bond acceptors (Lipinski definition) is 3. The molecule has 1 aromatic rings. The molecule has 3 rings (SSSR count). The first kappa shape index (κ1) is 13.9. The quantitative estimate of drug-likeness (QED) is 0.833. The van der Waals surface area contributed by atoms with Gasteiger partial charge < -0.3 is 15.7 Å². The molecule has 0 aromatic heterocycles. The van der Waals surface area contributed by atoms with Crippen LogP contribution in [0.5, 0.6) is 0 Å². The van der Waals surface area contributed by atoms with Crippen LogP contribution < -0.4 is 10.6 Å². The Morgan fingerprint density at radius 2 is 1.95 bits per heavy atom. The van der Waals surface area contributed by atoms with E-state index >= 15 is 0 Å². The first-order valence-electron chi connectivity index (χ1n) is 8.05. The van der Waals surface area contributed by atoms with Gasteiger partial charge >= 0.3 is 0 Å². The van der Waals surface area contributed by atoms with Crippen LogP contribution in [0.25, 0.3) is 0 Å². The number of nitrogens with zero attached hydrogens (tertiary/aromatic N) is 1. The lowest BCUT2D eigenvalue weighted by molar-refractivity contribution is 0.133. The number of benzene rings is 1. The number of aliphatic hydroxyl groups is 1. The number of aliphatic hydroxyl groups excluding tert-OH is 1. The van der Waals surface area contributed by atoms with Crippen molar-refractivity contribution < 1.29 is 5.11 Å². The highest BCUT2D eigenvalue weighted by atomic mass is 16.3. The average Bonchev–Trinajstić information content (AvgIpc) is 2.68. The molecule has 0 saturated heterocycles. The standard InChI is InChI=1S/C17H26N2O/c18-11-10-13-12-19(15-7-5-4-6-14(13)15)16-8-2-1-3-9-17(16)20/h4-7,13,16-17,20H,1-3,8-12,18H2. The van der Waals surface area contributed by atoms with Crippen LogP contribution >= 0.6 is 0 Å². The summed E-state index contributed by atoms with van der Waals surface area (Å²) in [7, 11) is 0. The highest BCUT2D eigenvalue weighted by Gasteiger charge is 2.35. The van der Waals surface area contributed by atoms with Crippen LogP contribution in [-0.4, -0.2) is 30.3 Å². The monoisotopic (exact) mass is 274 g/mol. The Bertz CT molecular complexity index is 448. The third-order valence-electron chi connectivity index (χ3n) is 4.96. The molecule has 20 heavy (non-hydrogen) atoms. The molecule has 1 aliphatic carbocycles. The fraction of sp³-hybridized carbons (Fsp3) is 0.647. The molecule has 110 valence electrons. The summed E-state index contributed by atoms with van der Waals surface area (Å²) in [6.07, 6.45) is 6.59. The van der Waals surface area contributed by atoms with Crippen molar-refractivity contribution in [3.63, 3.8) is 0 Å². The molecule has 3 heteroatoms. The molecule has 3 N–H and O–H groups in total. The van der Waals surface area contributed by atoms with Crippen LogP contribution in [0.4, 0.5) is 5.69 Å². The van der Waals surface area contributed by atoms with Gasteiger partial charge in [-0.1, -0.05) is 37.5 Å². The second-order valence-electron chi connectivity index (χ2n) is 6.26. The van der Waals surface area contributed by atoms with E-state index in [4.69, 9.17) is 5.73 Å². The lowest BCUT2D eigenvalue weighted by Gasteiger charge is -2.33. The van der Waals surface area contributed by atoms with E-state index in [1.54, 1.807) is 0 Å². The maximum atomic E-state index is 10.5. The molecule has 0 bridgehead atoms. The summed E-state index contributed by atoms with van der Waals surface area (Å²) in [5.74, 6) is 0.534. The Morgan fingerprint density at radius 3 is 2.80 bits per heavy atom. The van der Waals surface area contributed by atoms with Crippen molar-refractivity contribution in [2.75, 3.05) is 18.0 Å². The van der Waals surface area contributed by atoms with Gasteiger partial charge in [-0.15, -0.1) is 0 Å². The van der Waals surface area contributed by atoms with Gasteiger partial charge in [-0.05, 0) is 37.4 Å². The van der Waals surface area contributed by atoms with Gasteiger partial charge in [0, 0.05) is 18.2 Å². The van der Waals surface area contributed by atoms with E-state index in [9.17, 15) is 5.11 Å². The van der Waals surface area contributed by atoms with Crippen LogP contribution in [0, 0.1) is 0 Å².